The summed E-state index contributed by atoms with van der Waals surface area (Å²) in [6.07, 6.45) is 3.27. The van der Waals surface area contributed by atoms with E-state index in [1.807, 2.05) is 30.3 Å². The van der Waals surface area contributed by atoms with Gasteiger partial charge in [0.15, 0.2) is 0 Å². The van der Waals surface area contributed by atoms with Crippen molar-refractivity contribution in [2.24, 2.45) is 0 Å². The van der Waals surface area contributed by atoms with Gasteiger partial charge in [-0.1, -0.05) is 18.2 Å². The van der Waals surface area contributed by atoms with Crippen molar-refractivity contribution in [3.63, 3.8) is 0 Å². The van der Waals surface area contributed by atoms with Gasteiger partial charge in [-0.2, -0.15) is 0 Å². The number of rotatable bonds is 3. The minimum atomic E-state index is -0.0329. The molecule has 1 aromatic carbocycles. The second-order valence-electron chi connectivity index (χ2n) is 4.13. The van der Waals surface area contributed by atoms with Crippen molar-refractivity contribution in [2.75, 3.05) is 0 Å². The van der Waals surface area contributed by atoms with E-state index in [0.29, 0.717) is 11.6 Å². The number of ether oxygens (including phenoxy) is 1. The van der Waals surface area contributed by atoms with Crippen LogP contribution in [0.1, 0.15) is 5.56 Å². The Morgan fingerprint density at radius 1 is 1.05 bits per heavy atom. The lowest BCUT2D eigenvalue weighted by Crippen LogP contribution is -1.91. The van der Waals surface area contributed by atoms with Crippen molar-refractivity contribution < 1.29 is 9.84 Å². The Bertz CT molecular complexity index is 713. The fraction of sp³-hybridized carbons (Fsp3) is 0.0667. The summed E-state index contributed by atoms with van der Waals surface area (Å²) in [5, 5.41) is 10.1. The first-order valence-corrected chi connectivity index (χ1v) is 5.93. The van der Waals surface area contributed by atoms with Crippen LogP contribution in [0.2, 0.25) is 0 Å². The Kier molecular flexibility index (Phi) is 3.08. The molecule has 0 unspecified atom stereocenters. The van der Waals surface area contributed by atoms with Gasteiger partial charge in [-0.3, -0.25) is 4.98 Å². The molecule has 0 fully saturated rings. The molecule has 0 saturated heterocycles. The van der Waals surface area contributed by atoms with Crippen LogP contribution in [0.5, 0.6) is 11.6 Å². The number of aromatic nitrogens is 2. The van der Waals surface area contributed by atoms with Gasteiger partial charge in [0.25, 0.3) is 0 Å². The fourth-order valence-electron chi connectivity index (χ4n) is 1.83. The van der Waals surface area contributed by atoms with Crippen LogP contribution < -0.4 is 4.74 Å². The molecule has 4 nitrogen and oxygen atoms in total. The minimum absolute atomic E-state index is 0.0329. The summed E-state index contributed by atoms with van der Waals surface area (Å²) in [5.74, 6) is 1.07. The predicted octanol–water partition coefficient (Wildman–Crippen LogP) is 2.91. The third kappa shape index (κ3) is 2.53. The van der Waals surface area contributed by atoms with Gasteiger partial charge in [-0.15, -0.1) is 0 Å². The Hall–Kier alpha value is -2.46. The summed E-state index contributed by atoms with van der Waals surface area (Å²) in [7, 11) is 0. The zero-order chi connectivity index (χ0) is 13.1. The monoisotopic (exact) mass is 252 g/mol. The molecule has 3 aromatic rings. The van der Waals surface area contributed by atoms with E-state index in [2.05, 4.69) is 9.97 Å². The van der Waals surface area contributed by atoms with Crippen LogP contribution in [0, 0.1) is 0 Å². The molecule has 0 radical (unpaired) electrons. The molecule has 0 atom stereocenters. The van der Waals surface area contributed by atoms with Crippen molar-refractivity contribution >= 4 is 10.9 Å². The van der Waals surface area contributed by atoms with E-state index >= 15 is 0 Å². The lowest BCUT2D eigenvalue weighted by molar-refractivity contribution is 0.281. The second kappa shape index (κ2) is 5.04. The third-order valence-corrected chi connectivity index (χ3v) is 2.77. The Labute approximate surface area is 110 Å². The van der Waals surface area contributed by atoms with Crippen molar-refractivity contribution in [1.29, 1.82) is 0 Å². The molecule has 0 aliphatic heterocycles. The van der Waals surface area contributed by atoms with E-state index in [9.17, 15) is 0 Å². The lowest BCUT2D eigenvalue weighted by atomic mass is 10.2. The van der Waals surface area contributed by atoms with Crippen molar-refractivity contribution in [3.05, 3.63) is 60.4 Å². The van der Waals surface area contributed by atoms with Crippen molar-refractivity contribution in [1.82, 2.24) is 9.97 Å². The third-order valence-electron chi connectivity index (χ3n) is 2.77. The summed E-state index contributed by atoms with van der Waals surface area (Å²) in [6.45, 7) is -0.0329. The van der Waals surface area contributed by atoms with E-state index in [1.165, 1.54) is 0 Å². The molecule has 94 valence electrons. The molecular formula is C15H12N2O2. The first kappa shape index (κ1) is 11.6. The first-order valence-electron chi connectivity index (χ1n) is 5.93. The highest BCUT2D eigenvalue weighted by Crippen LogP contribution is 2.23. The summed E-state index contributed by atoms with van der Waals surface area (Å²) in [6, 6.07) is 13.2. The minimum Gasteiger partial charge on any atom is -0.437 e. The highest BCUT2D eigenvalue weighted by molar-refractivity contribution is 5.79. The van der Waals surface area contributed by atoms with E-state index in [0.717, 1.165) is 16.5 Å². The predicted molar refractivity (Wildman–Crippen MR) is 72.0 cm³/mol. The molecule has 0 bridgehead atoms. The Morgan fingerprint density at radius 2 is 1.95 bits per heavy atom. The quantitative estimate of drug-likeness (QED) is 0.778. The van der Waals surface area contributed by atoms with Crippen LogP contribution >= 0.6 is 0 Å². The van der Waals surface area contributed by atoms with Crippen LogP contribution in [0.4, 0.5) is 0 Å². The molecule has 4 heteroatoms. The Morgan fingerprint density at radius 3 is 2.84 bits per heavy atom. The largest absolute Gasteiger partial charge is 0.437 e. The van der Waals surface area contributed by atoms with Crippen LogP contribution in [0.25, 0.3) is 10.9 Å². The SMILES string of the molecule is OCc1ccnc(Oc2cnc3ccccc3c2)c1. The molecule has 2 aromatic heterocycles. The maximum absolute atomic E-state index is 9.07. The van der Waals surface area contributed by atoms with Crippen molar-refractivity contribution in [2.45, 2.75) is 6.61 Å². The van der Waals surface area contributed by atoms with Crippen LogP contribution in [0.3, 0.4) is 0 Å². The molecule has 19 heavy (non-hydrogen) atoms. The molecule has 0 amide bonds. The zero-order valence-corrected chi connectivity index (χ0v) is 10.2. The number of aliphatic hydroxyl groups is 1. The summed E-state index contributed by atoms with van der Waals surface area (Å²) < 4.78 is 5.64. The molecular weight excluding hydrogens is 240 g/mol. The highest BCUT2D eigenvalue weighted by atomic mass is 16.5. The number of fused-ring (bicyclic) bond motifs is 1. The average Bonchev–Trinajstić information content (AvgIpc) is 2.47. The van der Waals surface area contributed by atoms with Gasteiger partial charge in [0.1, 0.15) is 5.75 Å². The molecule has 0 saturated carbocycles. The Balaban J connectivity index is 1.92. The lowest BCUT2D eigenvalue weighted by Gasteiger charge is -2.06. The molecule has 0 spiro atoms. The van der Waals surface area contributed by atoms with E-state index in [4.69, 9.17) is 9.84 Å². The first-order chi connectivity index (χ1) is 9.35. The van der Waals surface area contributed by atoms with Gasteiger partial charge in [0.2, 0.25) is 5.88 Å². The number of benzene rings is 1. The van der Waals surface area contributed by atoms with Crippen LogP contribution in [-0.4, -0.2) is 15.1 Å². The maximum Gasteiger partial charge on any atom is 0.219 e. The zero-order valence-electron chi connectivity index (χ0n) is 10.2. The van der Waals surface area contributed by atoms with Gasteiger partial charge in [-0.25, -0.2) is 4.98 Å². The maximum atomic E-state index is 9.07. The number of para-hydroxylation sites is 1. The van der Waals surface area contributed by atoms with Gasteiger partial charge in [0, 0.05) is 17.6 Å². The smallest absolute Gasteiger partial charge is 0.219 e. The average molecular weight is 252 g/mol. The molecule has 3 rings (SSSR count). The molecule has 0 aliphatic carbocycles. The summed E-state index contributed by atoms with van der Waals surface area (Å²) in [4.78, 5) is 8.42. The standard InChI is InChI=1S/C15H12N2O2/c18-10-11-5-6-16-15(7-11)19-13-8-12-3-1-2-4-14(12)17-9-13/h1-9,18H,10H2. The van der Waals surface area contributed by atoms with Crippen LogP contribution in [-0.2, 0) is 6.61 Å². The van der Waals surface area contributed by atoms with Gasteiger partial charge in [-0.05, 0) is 23.8 Å². The van der Waals surface area contributed by atoms with Crippen molar-refractivity contribution in [3.8, 4) is 11.6 Å². The molecule has 1 N–H and O–H groups in total. The van der Waals surface area contributed by atoms with Crippen LogP contribution in [0.15, 0.2) is 54.9 Å². The number of hydrogen-bond acceptors (Lipinski definition) is 4. The number of nitrogens with zero attached hydrogens (tertiary/aromatic N) is 2. The molecule has 2 heterocycles. The highest BCUT2D eigenvalue weighted by Gasteiger charge is 2.02. The summed E-state index contributed by atoms with van der Waals surface area (Å²) in [5.41, 5.74) is 1.69. The topological polar surface area (TPSA) is 55.2 Å². The van der Waals surface area contributed by atoms with E-state index in [-0.39, 0.29) is 6.61 Å². The van der Waals surface area contributed by atoms with Gasteiger partial charge in [0.05, 0.1) is 18.3 Å². The number of aliphatic hydroxyl groups excluding tert-OH is 1. The number of hydrogen-bond donors (Lipinski definition) is 1. The van der Waals surface area contributed by atoms with E-state index < -0.39 is 0 Å². The van der Waals surface area contributed by atoms with Gasteiger partial charge < -0.3 is 9.84 Å². The second-order valence-corrected chi connectivity index (χ2v) is 4.13. The van der Waals surface area contributed by atoms with E-state index in [1.54, 1.807) is 24.5 Å². The van der Waals surface area contributed by atoms with Gasteiger partial charge >= 0.3 is 0 Å². The number of pyridine rings is 2. The summed E-state index contributed by atoms with van der Waals surface area (Å²) >= 11 is 0. The normalized spacial score (nSPS) is 10.6. The molecule has 0 aliphatic rings. The fourth-order valence-corrected chi connectivity index (χ4v) is 1.83.